The maximum atomic E-state index is 2.46. The molecule has 0 unspecified atom stereocenters. The maximum Gasteiger partial charge on any atom is 0.179 e. The number of rotatable bonds is 12. The Kier molecular flexibility index (Phi) is 11.2. The highest BCUT2D eigenvalue weighted by Crippen LogP contribution is 2.46. The van der Waals surface area contributed by atoms with Crippen LogP contribution in [0.15, 0.2) is 303 Å². The molecule has 2 nitrogen and oxygen atoms in total. The Morgan fingerprint density at radius 3 is 1.21 bits per heavy atom. The summed E-state index contributed by atoms with van der Waals surface area (Å²) in [6, 6.07) is 112. The zero-order valence-electron chi connectivity index (χ0n) is 38.8. The molecule has 11 aromatic carbocycles. The lowest BCUT2D eigenvalue weighted by molar-refractivity contribution is 0.744. The number of hydrogen-bond acceptors (Lipinski definition) is 1. The van der Waals surface area contributed by atoms with Crippen molar-refractivity contribution >= 4 is 67.7 Å². The minimum absolute atomic E-state index is 0.571. The molecule has 0 saturated heterocycles. The Balaban J connectivity index is 1.06. The molecule has 70 heavy (non-hydrogen) atoms. The van der Waals surface area contributed by atoms with Crippen LogP contribution < -0.4 is 25.6 Å². The van der Waals surface area contributed by atoms with Crippen molar-refractivity contribution in [2.24, 2.45) is 0 Å². The predicted molar refractivity (Wildman–Crippen MR) is 297 cm³/mol. The second-order valence-electron chi connectivity index (χ2n) is 18.0. The van der Waals surface area contributed by atoms with Gasteiger partial charge in [-0.05, 0) is 104 Å². The lowest BCUT2D eigenvalue weighted by atomic mass is 9.65. The third kappa shape index (κ3) is 7.18. The van der Waals surface area contributed by atoms with Gasteiger partial charge in [0.05, 0.1) is 16.4 Å². The van der Waals surface area contributed by atoms with E-state index < -0.39 is 13.5 Å². The third-order valence-electron chi connectivity index (χ3n) is 14.2. The Labute approximate surface area is 411 Å². The molecule has 3 heteroatoms. The van der Waals surface area contributed by atoms with E-state index in [9.17, 15) is 0 Å². The number of hydrogen-bond donors (Lipinski definition) is 0. The second kappa shape index (κ2) is 18.4. The first-order chi connectivity index (χ1) is 34.7. The topological polar surface area (TPSA) is 8.17 Å². The molecule has 0 amide bonds. The number of nitrogens with zero attached hydrogens (tertiary/aromatic N) is 2. The lowest BCUT2D eigenvalue weighted by Crippen LogP contribution is -2.74. The van der Waals surface area contributed by atoms with Gasteiger partial charge in [0.1, 0.15) is 0 Å². The molecule has 1 heterocycles. The van der Waals surface area contributed by atoms with Crippen LogP contribution in [0.25, 0.3) is 27.5 Å². The molecule has 0 fully saturated rings. The van der Waals surface area contributed by atoms with Crippen LogP contribution in [-0.2, 0) is 5.41 Å². The number of anilines is 3. The van der Waals surface area contributed by atoms with Crippen molar-refractivity contribution in [3.8, 4) is 5.69 Å². The van der Waals surface area contributed by atoms with Crippen molar-refractivity contribution in [2.75, 3.05) is 4.90 Å². The number of fused-ring (bicyclic) bond motifs is 3. The van der Waals surface area contributed by atoms with Crippen molar-refractivity contribution in [1.29, 1.82) is 0 Å². The van der Waals surface area contributed by atoms with Crippen LogP contribution in [0.1, 0.15) is 22.3 Å². The third-order valence-corrected chi connectivity index (χ3v) is 19.0. The van der Waals surface area contributed by atoms with E-state index in [2.05, 4.69) is 313 Å². The normalized spacial score (nSPS) is 11.7. The van der Waals surface area contributed by atoms with Gasteiger partial charge in [0.2, 0.25) is 0 Å². The van der Waals surface area contributed by atoms with E-state index in [0.29, 0.717) is 0 Å². The van der Waals surface area contributed by atoms with E-state index in [1.807, 2.05) is 0 Å². The van der Waals surface area contributed by atoms with Crippen LogP contribution >= 0.6 is 0 Å². The predicted octanol–water partition coefficient (Wildman–Crippen LogP) is 14.0. The van der Waals surface area contributed by atoms with Crippen molar-refractivity contribution in [3.05, 3.63) is 326 Å². The molecule has 0 bridgehead atoms. The number of para-hydroxylation sites is 2. The molecular formula is C67H50N2Si. The zero-order valence-corrected chi connectivity index (χ0v) is 39.8. The van der Waals surface area contributed by atoms with Crippen LogP contribution in [0.4, 0.5) is 17.1 Å². The van der Waals surface area contributed by atoms with Crippen LogP contribution in [0, 0.1) is 0 Å². The highest BCUT2D eigenvalue weighted by molar-refractivity contribution is 7.19. The van der Waals surface area contributed by atoms with E-state index in [-0.39, 0.29) is 0 Å². The molecule has 1 aromatic heterocycles. The molecule has 0 spiro atoms. The molecule has 0 saturated carbocycles. The molecule has 12 aromatic rings. The second-order valence-corrected chi connectivity index (χ2v) is 21.8. The van der Waals surface area contributed by atoms with Crippen LogP contribution in [0.3, 0.4) is 0 Å². The first-order valence-corrected chi connectivity index (χ1v) is 26.2. The molecule has 0 aliphatic heterocycles. The summed E-state index contributed by atoms with van der Waals surface area (Å²) in [4.78, 5) is 2.43. The fourth-order valence-corrected chi connectivity index (χ4v) is 16.1. The summed E-state index contributed by atoms with van der Waals surface area (Å²) in [7, 11) is -2.81. The number of benzene rings is 11. The van der Waals surface area contributed by atoms with Crippen LogP contribution in [-0.4, -0.2) is 12.6 Å². The van der Waals surface area contributed by atoms with Gasteiger partial charge in [-0.25, -0.2) is 0 Å². The van der Waals surface area contributed by atoms with E-state index in [4.69, 9.17) is 0 Å². The summed E-state index contributed by atoms with van der Waals surface area (Å²) >= 11 is 0. The maximum absolute atomic E-state index is 2.81. The van der Waals surface area contributed by atoms with Gasteiger partial charge in [0.25, 0.3) is 0 Å². The van der Waals surface area contributed by atoms with Crippen molar-refractivity contribution in [2.45, 2.75) is 5.41 Å². The smallest absolute Gasteiger partial charge is 0.179 e. The minimum atomic E-state index is -2.81. The Hall–Kier alpha value is -8.76. The van der Waals surface area contributed by atoms with Gasteiger partial charge in [-0.1, -0.05) is 243 Å². The van der Waals surface area contributed by atoms with Gasteiger partial charge in [0.15, 0.2) is 8.07 Å². The average Bonchev–Trinajstić information content (AvgIpc) is 3.77. The van der Waals surface area contributed by atoms with Gasteiger partial charge in [-0.2, -0.15) is 0 Å². The highest BCUT2D eigenvalue weighted by atomic mass is 28.3. The zero-order chi connectivity index (χ0) is 46.7. The van der Waals surface area contributed by atoms with Gasteiger partial charge < -0.3 is 9.47 Å². The van der Waals surface area contributed by atoms with E-state index >= 15 is 0 Å². The van der Waals surface area contributed by atoms with Gasteiger partial charge in [-0.3, -0.25) is 0 Å². The Morgan fingerprint density at radius 1 is 0.271 bits per heavy atom. The minimum Gasteiger partial charge on any atom is -0.310 e. The summed E-state index contributed by atoms with van der Waals surface area (Å²) in [5, 5.41) is 7.77. The number of aromatic nitrogens is 1. The standard InChI is InChI=1S/C67H50N2Si/c1-8-26-51(27-9-1)67(52-28-10-2-11-29-52,53-30-12-3-13-31-53)54-32-24-35-56(48-54)69-65-45-23-22-44-63(65)64-50-58(46-47-66(64)69)68(55-33-14-4-15-34-55)57-36-25-43-62(49-57)70(59-37-16-5-17-38-59,60-39-18-6-19-40-60)61-41-20-7-21-42-61/h1-50H. The van der Waals surface area contributed by atoms with Gasteiger partial charge in [0, 0.05) is 33.5 Å². The fourth-order valence-electron chi connectivity index (χ4n) is 11.3. The van der Waals surface area contributed by atoms with Gasteiger partial charge >= 0.3 is 0 Å². The molecule has 0 atom stereocenters. The fraction of sp³-hybridized carbons (Fsp3) is 0.0149. The molecule has 0 radical (unpaired) electrons. The van der Waals surface area contributed by atoms with Gasteiger partial charge in [-0.15, -0.1) is 0 Å². The highest BCUT2D eigenvalue weighted by Gasteiger charge is 2.42. The van der Waals surface area contributed by atoms with Crippen LogP contribution in [0.5, 0.6) is 0 Å². The summed E-state index contributed by atoms with van der Waals surface area (Å²) in [6.07, 6.45) is 0. The average molecular weight is 911 g/mol. The molecule has 332 valence electrons. The van der Waals surface area contributed by atoms with E-state index in [1.165, 1.54) is 53.8 Å². The Morgan fingerprint density at radius 2 is 0.671 bits per heavy atom. The summed E-state index contributed by atoms with van der Waals surface area (Å²) in [5.74, 6) is 0. The lowest BCUT2D eigenvalue weighted by Gasteiger charge is -2.37. The molecule has 0 aliphatic rings. The quantitative estimate of drug-likeness (QED) is 0.0876. The first kappa shape index (κ1) is 42.6. The summed E-state index contributed by atoms with van der Waals surface area (Å²) in [5.41, 5.74) is 11.0. The molecule has 0 N–H and O–H groups in total. The Bertz CT molecular complexity index is 3500. The van der Waals surface area contributed by atoms with Crippen molar-refractivity contribution in [3.63, 3.8) is 0 Å². The first-order valence-electron chi connectivity index (χ1n) is 24.2. The van der Waals surface area contributed by atoms with Crippen molar-refractivity contribution in [1.82, 2.24) is 4.57 Å². The molecular weight excluding hydrogens is 861 g/mol. The van der Waals surface area contributed by atoms with Crippen molar-refractivity contribution < 1.29 is 0 Å². The summed E-state index contributed by atoms with van der Waals surface area (Å²) < 4.78 is 2.46. The monoisotopic (exact) mass is 910 g/mol. The summed E-state index contributed by atoms with van der Waals surface area (Å²) in [6.45, 7) is 0. The van der Waals surface area contributed by atoms with E-state index in [1.54, 1.807) is 0 Å². The SMILES string of the molecule is c1ccc(N(c2cccc([Si](c3ccccc3)(c3ccccc3)c3ccccc3)c2)c2ccc3c(c2)c2ccccc2n3-c2cccc(C(c3ccccc3)(c3ccccc3)c3ccccc3)c2)cc1. The van der Waals surface area contributed by atoms with Crippen LogP contribution in [0.2, 0.25) is 0 Å². The largest absolute Gasteiger partial charge is 0.310 e. The molecule has 0 aliphatic carbocycles. The van der Waals surface area contributed by atoms with E-state index in [0.717, 1.165) is 33.8 Å². The molecule has 12 rings (SSSR count).